The van der Waals surface area contributed by atoms with E-state index >= 15 is 0 Å². The second kappa shape index (κ2) is 14.9. The van der Waals surface area contributed by atoms with Gasteiger partial charge in [-0.1, -0.05) is 55.5 Å². The van der Waals surface area contributed by atoms with Gasteiger partial charge in [0.1, 0.15) is 6.61 Å². The molecule has 7 heteroatoms. The molecule has 1 aliphatic heterocycles. The number of nitrogens with zero attached hydrogens (tertiary/aromatic N) is 1. The molecule has 0 unspecified atom stereocenters. The number of hydrogen-bond acceptors (Lipinski definition) is 4. The minimum Gasteiger partial charge on any atom is -0.445 e. The largest absolute Gasteiger partial charge is 2.00 e. The first kappa shape index (κ1) is 32.7. The van der Waals surface area contributed by atoms with Crippen LogP contribution in [0.5, 0.6) is 0 Å². The molecule has 40 heavy (non-hydrogen) atoms. The first-order valence-electron chi connectivity index (χ1n) is 13.5. The van der Waals surface area contributed by atoms with Gasteiger partial charge in [0.05, 0.1) is 17.2 Å². The smallest absolute Gasteiger partial charge is 0.445 e. The van der Waals surface area contributed by atoms with Gasteiger partial charge in [-0.25, -0.2) is 4.79 Å². The summed E-state index contributed by atoms with van der Waals surface area (Å²) in [5, 5.41) is 0. The fourth-order valence-electron chi connectivity index (χ4n) is 4.16. The third-order valence-electron chi connectivity index (χ3n) is 7.37. The van der Waals surface area contributed by atoms with Crippen molar-refractivity contribution < 1.29 is 35.9 Å². The number of amides is 1. The van der Waals surface area contributed by atoms with Crippen molar-refractivity contribution in [1.82, 2.24) is 4.90 Å². The van der Waals surface area contributed by atoms with Gasteiger partial charge < -0.3 is 14.0 Å². The Kier molecular flexibility index (Phi) is 12.2. The van der Waals surface area contributed by atoms with Crippen LogP contribution in [0.4, 0.5) is 4.79 Å². The molecule has 2 aromatic carbocycles. The minimum absolute atomic E-state index is 0. The van der Waals surface area contributed by atoms with Crippen molar-refractivity contribution in [2.24, 2.45) is 0 Å². The molecule has 1 amide bonds. The van der Waals surface area contributed by atoms with Crippen molar-refractivity contribution in [3.8, 4) is 0 Å². The van der Waals surface area contributed by atoms with E-state index in [0.29, 0.717) is 6.54 Å². The maximum absolute atomic E-state index is 13.0. The van der Waals surface area contributed by atoms with Crippen LogP contribution < -0.4 is 5.46 Å². The molecular weight excluding hydrogens is 541 g/mol. The molecule has 0 bridgehead atoms. The molecule has 0 atom stereocenters. The summed E-state index contributed by atoms with van der Waals surface area (Å²) in [6.07, 6.45) is 18.3. The topological polar surface area (TPSA) is 48.0 Å². The summed E-state index contributed by atoms with van der Waals surface area (Å²) in [4.78, 5) is 14.7. The SMILES string of the molecule is CCc1ccc(CN([C]2[CH][CH][CH][CH]2)C(=O)OCc2ccc(B3OC(C)(C)C(C)(C)O3)cc2)cc1.[CH]1[CH][CH][CH][CH]1.[Fe+2]. The number of ether oxygens (including phenoxy) is 1. The molecule has 2 aliphatic carbocycles. The molecule has 1 heterocycles. The van der Waals surface area contributed by atoms with E-state index < -0.39 is 7.12 Å². The van der Waals surface area contributed by atoms with E-state index in [1.165, 1.54) is 5.56 Å². The summed E-state index contributed by atoms with van der Waals surface area (Å²) in [6, 6.07) is 17.0. The normalized spacial score (nSPS) is 19.5. The van der Waals surface area contributed by atoms with E-state index in [0.717, 1.165) is 29.1 Å². The number of carbonyl (C=O) groups is 1. The first-order valence-corrected chi connectivity index (χ1v) is 13.5. The average molecular weight is 579 g/mol. The summed E-state index contributed by atoms with van der Waals surface area (Å²) < 4.78 is 17.9. The average Bonchev–Trinajstić information content (AvgIpc) is 3.71. The number of rotatable bonds is 7. The maximum Gasteiger partial charge on any atom is 2.00 e. The Morgan fingerprint density at radius 2 is 1.23 bits per heavy atom. The molecule has 1 saturated heterocycles. The van der Waals surface area contributed by atoms with Crippen molar-refractivity contribution in [2.75, 3.05) is 0 Å². The monoisotopic (exact) mass is 579 g/mol. The molecular formula is C33H38BFeNO4+2. The predicted molar refractivity (Wildman–Crippen MR) is 156 cm³/mol. The number of carbonyl (C=O) groups excluding carboxylic acids is 1. The molecule has 0 spiro atoms. The Hall–Kier alpha value is -1.79. The van der Waals surface area contributed by atoms with Crippen molar-refractivity contribution in [2.45, 2.75) is 65.4 Å². The van der Waals surface area contributed by atoms with Gasteiger partial charge in [-0.3, -0.25) is 4.90 Å². The molecule has 3 aliphatic rings. The van der Waals surface area contributed by atoms with Gasteiger partial charge in [-0.2, -0.15) is 0 Å². The second-order valence-electron chi connectivity index (χ2n) is 10.7. The van der Waals surface area contributed by atoms with Crippen molar-refractivity contribution >= 4 is 18.7 Å². The van der Waals surface area contributed by atoms with Crippen LogP contribution >= 0.6 is 0 Å². The molecule has 2 aromatic rings. The third kappa shape index (κ3) is 8.61. The van der Waals surface area contributed by atoms with Gasteiger partial charge in [0.15, 0.2) is 0 Å². The standard InChI is InChI=1S/C28H33BNO4.C5H5.Fe/c1-6-21-11-13-22(14-12-21)19-30(25-9-7-8-10-25)26(31)32-20-23-15-17-24(18-16-23)29-33-27(2,3)28(4,5)34-29;1-2-4-5-3-1;/h7-18H,6,19-20H2,1-5H3;1-5H;/q;;+2. The Bertz CT molecular complexity index is 1020. The molecule has 0 aromatic heterocycles. The Morgan fingerprint density at radius 1 is 0.750 bits per heavy atom. The molecule has 5 nitrogen and oxygen atoms in total. The molecule has 5 rings (SSSR count). The Labute approximate surface area is 253 Å². The van der Waals surface area contributed by atoms with Crippen LogP contribution in [0.1, 0.15) is 51.3 Å². The molecule has 3 fully saturated rings. The zero-order valence-corrected chi connectivity index (χ0v) is 25.1. The van der Waals surface area contributed by atoms with E-state index in [2.05, 4.69) is 31.2 Å². The van der Waals surface area contributed by atoms with Gasteiger partial charge in [0.25, 0.3) is 0 Å². The van der Waals surface area contributed by atoms with Crippen molar-refractivity contribution in [1.29, 1.82) is 0 Å². The number of benzene rings is 2. The summed E-state index contributed by atoms with van der Waals surface area (Å²) >= 11 is 0. The fourth-order valence-corrected chi connectivity index (χ4v) is 4.16. The van der Waals surface area contributed by atoms with E-state index in [-0.39, 0.29) is 41.0 Å². The Morgan fingerprint density at radius 3 is 1.73 bits per heavy atom. The van der Waals surface area contributed by atoms with E-state index in [9.17, 15) is 4.79 Å². The van der Waals surface area contributed by atoms with Gasteiger partial charge in [-0.05, 0) is 114 Å². The van der Waals surface area contributed by atoms with Gasteiger partial charge in [-0.15, -0.1) is 0 Å². The number of hydrogen-bond donors (Lipinski definition) is 0. The minimum atomic E-state index is -0.409. The second-order valence-corrected chi connectivity index (χ2v) is 10.7. The van der Waals surface area contributed by atoms with Gasteiger partial charge in [0, 0.05) is 6.54 Å². The van der Waals surface area contributed by atoms with Crippen LogP contribution in [0.3, 0.4) is 0 Å². The Balaban J connectivity index is 0.000000662. The van der Waals surface area contributed by atoms with Crippen LogP contribution in [0.25, 0.3) is 0 Å². The van der Waals surface area contributed by atoms with Gasteiger partial charge in [0.2, 0.25) is 0 Å². The van der Waals surface area contributed by atoms with E-state index in [4.69, 9.17) is 14.0 Å². The molecule has 2 saturated carbocycles. The summed E-state index contributed by atoms with van der Waals surface area (Å²) in [6.45, 7) is 10.9. The summed E-state index contributed by atoms with van der Waals surface area (Å²) in [5.41, 5.74) is 3.42. The van der Waals surface area contributed by atoms with Crippen molar-refractivity contribution in [3.63, 3.8) is 0 Å². The zero-order chi connectivity index (χ0) is 27.9. The van der Waals surface area contributed by atoms with Crippen molar-refractivity contribution in [3.05, 3.63) is 129 Å². The molecule has 10 radical (unpaired) electrons. The van der Waals surface area contributed by atoms with Gasteiger partial charge >= 0.3 is 30.3 Å². The predicted octanol–water partition coefficient (Wildman–Crippen LogP) is 6.07. The molecule has 0 N–H and O–H groups in total. The zero-order valence-electron chi connectivity index (χ0n) is 23.9. The van der Waals surface area contributed by atoms with Crippen LogP contribution in [-0.4, -0.2) is 29.3 Å². The van der Waals surface area contributed by atoms with E-state index in [1.54, 1.807) is 4.90 Å². The fraction of sp³-hybridized carbons (Fsp3) is 0.303. The quantitative estimate of drug-likeness (QED) is 0.374. The van der Waals surface area contributed by atoms with Crippen LogP contribution in [-0.2, 0) is 50.7 Å². The summed E-state index contributed by atoms with van der Waals surface area (Å²) in [5.74, 6) is 0. The first-order chi connectivity index (χ1) is 18.7. The van der Waals surface area contributed by atoms with Crippen LogP contribution in [0.15, 0.2) is 48.5 Å². The van der Waals surface area contributed by atoms with Crippen LogP contribution in [0, 0.1) is 63.8 Å². The molecule has 208 valence electrons. The summed E-state index contributed by atoms with van der Waals surface area (Å²) in [7, 11) is -0.409. The van der Waals surface area contributed by atoms with E-state index in [1.807, 2.05) is 110 Å². The number of aryl methyl sites for hydroxylation is 1. The van der Waals surface area contributed by atoms with Crippen LogP contribution in [0.2, 0.25) is 0 Å². The maximum atomic E-state index is 13.0. The third-order valence-corrected chi connectivity index (χ3v) is 7.37.